The molecule has 2 heteroatoms. The van der Waals surface area contributed by atoms with Crippen molar-refractivity contribution in [1.82, 2.24) is 0 Å². The van der Waals surface area contributed by atoms with E-state index in [0.29, 0.717) is 0 Å². The summed E-state index contributed by atoms with van der Waals surface area (Å²) in [6, 6.07) is 0. The maximum absolute atomic E-state index is 9.52. The van der Waals surface area contributed by atoms with Crippen LogP contribution in [0.25, 0.3) is 0 Å². The van der Waals surface area contributed by atoms with Gasteiger partial charge in [-0.05, 0) is 19.3 Å². The van der Waals surface area contributed by atoms with Crippen LogP contribution in [-0.2, 0) is 0 Å². The second kappa shape index (κ2) is 7.14. The molecule has 1 nitrogen and oxygen atoms in total. The molecule has 0 heterocycles. The first-order chi connectivity index (χ1) is 4.98. The zero-order valence-corrected chi connectivity index (χ0v) is 10.9. The molecular formula is C10H21NaO. The van der Waals surface area contributed by atoms with Gasteiger partial charge in [0.1, 0.15) is 0 Å². The van der Waals surface area contributed by atoms with Crippen LogP contribution in [-0.4, -0.2) is 10.7 Å². The fourth-order valence-electron chi connectivity index (χ4n) is 0.970. The largest absolute Gasteiger partial charge is 1.00 e. The summed E-state index contributed by atoms with van der Waals surface area (Å²) in [5, 5.41) is 9.52. The van der Waals surface area contributed by atoms with Crippen molar-refractivity contribution in [3.63, 3.8) is 0 Å². The van der Waals surface area contributed by atoms with Crippen LogP contribution in [0.5, 0.6) is 0 Å². The monoisotopic (exact) mass is 180 g/mol. The molecule has 0 saturated heterocycles. The quantitative estimate of drug-likeness (QED) is 0.461. The third-order valence-electron chi connectivity index (χ3n) is 1.90. The molecular weight excluding hydrogens is 159 g/mol. The average Bonchev–Trinajstić information content (AvgIpc) is 1.87. The smallest absolute Gasteiger partial charge is 1.00 e. The minimum absolute atomic E-state index is 0. The van der Waals surface area contributed by atoms with Crippen LogP contribution >= 0.6 is 0 Å². The Morgan fingerprint density at radius 1 is 1.58 bits per heavy atom. The second-order valence-corrected chi connectivity index (χ2v) is 3.85. The van der Waals surface area contributed by atoms with Crippen molar-refractivity contribution >= 4 is 0 Å². The molecule has 0 aliphatic carbocycles. The van der Waals surface area contributed by atoms with Gasteiger partial charge in [-0.15, -0.1) is 6.58 Å². The fraction of sp³-hybridized carbons (Fsp3) is 0.800. The van der Waals surface area contributed by atoms with Crippen LogP contribution in [0.3, 0.4) is 0 Å². The van der Waals surface area contributed by atoms with E-state index in [2.05, 4.69) is 20.4 Å². The minimum Gasteiger partial charge on any atom is -1.00 e. The van der Waals surface area contributed by atoms with Crippen molar-refractivity contribution in [3.8, 4) is 0 Å². The van der Waals surface area contributed by atoms with Gasteiger partial charge in [0.2, 0.25) is 0 Å². The van der Waals surface area contributed by atoms with Crippen molar-refractivity contribution in [2.24, 2.45) is 5.92 Å². The molecule has 0 aliphatic rings. The average molecular weight is 180 g/mol. The first kappa shape index (κ1) is 15.2. The SMILES string of the molecule is C=CC(C)(O)CCCC(C)C.[H-].[Na+]. The number of hydrogen-bond acceptors (Lipinski definition) is 1. The van der Waals surface area contributed by atoms with Gasteiger partial charge in [0.15, 0.2) is 0 Å². The van der Waals surface area contributed by atoms with Crippen molar-refractivity contribution < 1.29 is 36.1 Å². The predicted octanol–water partition coefficient (Wildman–Crippen LogP) is -0.134. The van der Waals surface area contributed by atoms with Gasteiger partial charge in [0.05, 0.1) is 5.60 Å². The van der Waals surface area contributed by atoms with Gasteiger partial charge in [0, 0.05) is 0 Å². The molecule has 0 aliphatic heterocycles. The van der Waals surface area contributed by atoms with Crippen LogP contribution < -0.4 is 29.6 Å². The van der Waals surface area contributed by atoms with E-state index in [1.54, 1.807) is 13.0 Å². The topological polar surface area (TPSA) is 20.2 Å². The maximum atomic E-state index is 9.52. The van der Waals surface area contributed by atoms with Crippen molar-refractivity contribution in [3.05, 3.63) is 12.7 Å². The Balaban J connectivity index is -0.000000500. The maximum Gasteiger partial charge on any atom is 1.00 e. The van der Waals surface area contributed by atoms with Crippen LogP contribution in [0.1, 0.15) is 41.5 Å². The van der Waals surface area contributed by atoms with Crippen LogP contribution in [0.4, 0.5) is 0 Å². The zero-order valence-electron chi connectivity index (χ0n) is 9.93. The molecule has 1 N–H and O–H groups in total. The van der Waals surface area contributed by atoms with Gasteiger partial charge in [0.25, 0.3) is 0 Å². The molecule has 0 amide bonds. The molecule has 0 aromatic rings. The van der Waals surface area contributed by atoms with E-state index in [4.69, 9.17) is 0 Å². The fourth-order valence-corrected chi connectivity index (χ4v) is 0.970. The van der Waals surface area contributed by atoms with E-state index < -0.39 is 5.60 Å². The van der Waals surface area contributed by atoms with Gasteiger partial charge >= 0.3 is 29.6 Å². The minimum atomic E-state index is -0.658. The molecule has 68 valence electrons. The van der Waals surface area contributed by atoms with Crippen LogP contribution in [0.2, 0.25) is 0 Å². The molecule has 0 saturated carbocycles. The van der Waals surface area contributed by atoms with E-state index >= 15 is 0 Å². The predicted molar refractivity (Wildman–Crippen MR) is 50.6 cm³/mol. The van der Waals surface area contributed by atoms with E-state index in [1.807, 2.05) is 0 Å². The molecule has 0 aromatic carbocycles. The Morgan fingerprint density at radius 2 is 2.08 bits per heavy atom. The van der Waals surface area contributed by atoms with Crippen LogP contribution in [0, 0.1) is 5.92 Å². The first-order valence-electron chi connectivity index (χ1n) is 4.34. The number of aliphatic hydroxyl groups is 1. The summed E-state index contributed by atoms with van der Waals surface area (Å²) in [5.41, 5.74) is -0.658. The molecule has 12 heavy (non-hydrogen) atoms. The van der Waals surface area contributed by atoms with Gasteiger partial charge in [-0.1, -0.05) is 32.8 Å². The standard InChI is InChI=1S/C10H20O.Na.H/c1-5-10(4,11)8-6-7-9(2)3;;/h5,9,11H,1,6-8H2,2-4H3;;/q;+1;-1. The van der Waals surface area contributed by atoms with Crippen molar-refractivity contribution in [2.75, 3.05) is 0 Å². The molecule has 0 spiro atoms. The summed E-state index contributed by atoms with van der Waals surface area (Å²) in [6.07, 6.45) is 4.71. The molecule has 1 unspecified atom stereocenters. The molecule has 0 aromatic heterocycles. The summed E-state index contributed by atoms with van der Waals surface area (Å²) >= 11 is 0. The number of hydrogen-bond donors (Lipinski definition) is 1. The Labute approximate surface area is 100 Å². The molecule has 0 bridgehead atoms. The molecule has 0 radical (unpaired) electrons. The molecule has 0 rings (SSSR count). The van der Waals surface area contributed by atoms with E-state index in [9.17, 15) is 5.11 Å². The van der Waals surface area contributed by atoms with E-state index in [-0.39, 0.29) is 31.0 Å². The third kappa shape index (κ3) is 8.79. The van der Waals surface area contributed by atoms with Crippen LogP contribution in [0.15, 0.2) is 12.7 Å². The Hall–Kier alpha value is 0.700. The van der Waals surface area contributed by atoms with Gasteiger partial charge in [-0.2, -0.15) is 0 Å². The van der Waals surface area contributed by atoms with E-state index in [1.165, 1.54) is 6.42 Å². The zero-order chi connectivity index (χ0) is 8.91. The summed E-state index contributed by atoms with van der Waals surface area (Å²) in [7, 11) is 0. The normalized spacial score (nSPS) is 15.1. The van der Waals surface area contributed by atoms with Crippen molar-refractivity contribution in [1.29, 1.82) is 0 Å². The van der Waals surface area contributed by atoms with Crippen molar-refractivity contribution in [2.45, 2.75) is 45.6 Å². The Kier molecular flexibility index (Phi) is 9.03. The first-order valence-corrected chi connectivity index (χ1v) is 4.34. The third-order valence-corrected chi connectivity index (χ3v) is 1.90. The van der Waals surface area contributed by atoms with E-state index in [0.717, 1.165) is 18.8 Å². The summed E-state index contributed by atoms with van der Waals surface area (Å²) < 4.78 is 0. The van der Waals surface area contributed by atoms with Gasteiger partial charge < -0.3 is 6.53 Å². The number of rotatable bonds is 5. The molecule has 0 fully saturated rings. The summed E-state index contributed by atoms with van der Waals surface area (Å²) in [4.78, 5) is 0. The summed E-state index contributed by atoms with van der Waals surface area (Å²) in [6.45, 7) is 9.78. The second-order valence-electron chi connectivity index (χ2n) is 3.85. The Morgan fingerprint density at radius 3 is 2.42 bits per heavy atom. The molecule has 1 atom stereocenters. The Bertz CT molecular complexity index is 124. The van der Waals surface area contributed by atoms with Gasteiger partial charge in [-0.25, -0.2) is 0 Å². The summed E-state index contributed by atoms with van der Waals surface area (Å²) in [5.74, 6) is 0.732. The van der Waals surface area contributed by atoms with Gasteiger partial charge in [-0.3, -0.25) is 0 Å².